The third-order valence-electron chi connectivity index (χ3n) is 6.28. The van der Waals surface area contributed by atoms with Crippen LogP contribution in [0.2, 0.25) is 0 Å². The van der Waals surface area contributed by atoms with Gasteiger partial charge in [0.1, 0.15) is 17.0 Å². The molecule has 1 saturated heterocycles. The minimum Gasteiger partial charge on any atom is -0.361 e. The highest BCUT2D eigenvalue weighted by Crippen LogP contribution is 2.63. The summed E-state index contributed by atoms with van der Waals surface area (Å²) in [5, 5.41) is 10.0. The van der Waals surface area contributed by atoms with Gasteiger partial charge in [0.2, 0.25) is 0 Å². The van der Waals surface area contributed by atoms with Crippen molar-refractivity contribution in [2.75, 3.05) is 4.90 Å². The van der Waals surface area contributed by atoms with Crippen molar-refractivity contribution in [2.24, 2.45) is 22.1 Å². The summed E-state index contributed by atoms with van der Waals surface area (Å²) < 4.78 is 32.5. The Labute approximate surface area is 138 Å². The molecule has 1 N–H and O–H groups in total. The molecule has 0 radical (unpaired) electrons. The third-order valence-corrected chi connectivity index (χ3v) is 7.20. The molecule has 6 atom stereocenters. The number of azo groups is 1. The highest BCUT2D eigenvalue weighted by Gasteiger charge is 2.72. The predicted octanol–water partition coefficient (Wildman–Crippen LogP) is 2.50. The van der Waals surface area contributed by atoms with Crippen LogP contribution in [0.4, 0.5) is 5.69 Å². The van der Waals surface area contributed by atoms with E-state index in [1.807, 2.05) is 18.2 Å². The fraction of sp³-hybridized carbons (Fsp3) is 0.412. The Balaban J connectivity index is 1.41. The summed E-state index contributed by atoms with van der Waals surface area (Å²) in [4.78, 5) is 2.41. The second kappa shape index (κ2) is 3.97. The first kappa shape index (κ1) is 13.3. The van der Waals surface area contributed by atoms with E-state index in [-0.39, 0.29) is 4.90 Å². The second-order valence-electron chi connectivity index (χ2n) is 7.30. The SMILES string of the molecule is O=S(=O)(O)c1cccc2cc(N3[C@@H]4[C@H]5C[C@H]([C@@H]6N=N[C@H]56)[C@@H]43)ccc12. The Morgan fingerprint density at radius 3 is 2.38 bits per heavy atom. The molecule has 2 aliphatic carbocycles. The van der Waals surface area contributed by atoms with E-state index in [2.05, 4.69) is 15.1 Å². The van der Waals surface area contributed by atoms with Gasteiger partial charge in [-0.25, -0.2) is 0 Å². The van der Waals surface area contributed by atoms with Crippen LogP contribution in [-0.2, 0) is 10.1 Å². The topological polar surface area (TPSA) is 82.1 Å². The van der Waals surface area contributed by atoms with Crippen LogP contribution in [0.25, 0.3) is 10.8 Å². The molecule has 2 saturated carbocycles. The van der Waals surface area contributed by atoms with E-state index in [1.165, 1.54) is 12.5 Å². The van der Waals surface area contributed by atoms with Gasteiger partial charge in [0.05, 0.1) is 12.1 Å². The van der Waals surface area contributed by atoms with Gasteiger partial charge in [-0.05, 0) is 30.0 Å². The zero-order valence-corrected chi connectivity index (χ0v) is 13.5. The molecule has 7 heteroatoms. The van der Waals surface area contributed by atoms with Crippen LogP contribution < -0.4 is 4.90 Å². The summed E-state index contributed by atoms with van der Waals surface area (Å²) in [7, 11) is -4.21. The zero-order valence-electron chi connectivity index (χ0n) is 12.6. The van der Waals surface area contributed by atoms with Crippen molar-refractivity contribution in [1.82, 2.24) is 0 Å². The fourth-order valence-electron chi connectivity index (χ4n) is 5.33. The van der Waals surface area contributed by atoms with Crippen molar-refractivity contribution in [2.45, 2.75) is 35.5 Å². The molecule has 6 rings (SSSR count). The fourth-order valence-corrected chi connectivity index (χ4v) is 6.05. The summed E-state index contributed by atoms with van der Waals surface area (Å²) in [5.41, 5.74) is 1.13. The molecule has 0 unspecified atom stereocenters. The van der Waals surface area contributed by atoms with Crippen LogP contribution in [0.5, 0.6) is 0 Å². The Hall–Kier alpha value is -1.99. The Morgan fingerprint density at radius 2 is 1.75 bits per heavy atom. The van der Waals surface area contributed by atoms with Crippen LogP contribution in [0.3, 0.4) is 0 Å². The lowest BCUT2D eigenvalue weighted by Crippen LogP contribution is -2.39. The van der Waals surface area contributed by atoms with Crippen molar-refractivity contribution in [3.05, 3.63) is 36.4 Å². The molecule has 2 bridgehead atoms. The van der Waals surface area contributed by atoms with Crippen LogP contribution in [-0.4, -0.2) is 37.1 Å². The van der Waals surface area contributed by atoms with E-state index < -0.39 is 10.1 Å². The van der Waals surface area contributed by atoms with E-state index in [1.54, 1.807) is 12.1 Å². The number of fused-ring (bicyclic) bond motifs is 9. The van der Waals surface area contributed by atoms with Crippen molar-refractivity contribution >= 4 is 26.6 Å². The van der Waals surface area contributed by atoms with Crippen molar-refractivity contribution in [1.29, 1.82) is 0 Å². The first-order chi connectivity index (χ1) is 11.5. The molecule has 2 aromatic rings. The molecule has 2 heterocycles. The van der Waals surface area contributed by atoms with E-state index in [0.717, 1.165) is 11.1 Å². The number of anilines is 1. The Bertz CT molecular complexity index is 1010. The summed E-state index contributed by atoms with van der Waals surface area (Å²) in [6.45, 7) is 0. The molecule has 2 aromatic carbocycles. The number of benzene rings is 2. The highest BCUT2D eigenvalue weighted by molar-refractivity contribution is 7.86. The third kappa shape index (κ3) is 1.48. The summed E-state index contributed by atoms with van der Waals surface area (Å²) >= 11 is 0. The average Bonchev–Trinajstić information content (AvgIpc) is 3.08. The van der Waals surface area contributed by atoms with E-state index >= 15 is 0 Å². The molecule has 24 heavy (non-hydrogen) atoms. The van der Waals surface area contributed by atoms with Gasteiger partial charge in [0.25, 0.3) is 10.1 Å². The van der Waals surface area contributed by atoms with E-state index in [9.17, 15) is 13.0 Å². The first-order valence-electron chi connectivity index (χ1n) is 8.22. The van der Waals surface area contributed by atoms with Crippen LogP contribution >= 0.6 is 0 Å². The van der Waals surface area contributed by atoms with Gasteiger partial charge in [0.15, 0.2) is 0 Å². The monoisotopic (exact) mass is 341 g/mol. The molecule has 2 aliphatic heterocycles. The van der Waals surface area contributed by atoms with Crippen molar-refractivity contribution in [3.63, 3.8) is 0 Å². The van der Waals surface area contributed by atoms with Gasteiger partial charge in [-0.3, -0.25) is 4.55 Å². The number of hydrogen-bond acceptors (Lipinski definition) is 5. The van der Waals surface area contributed by atoms with Crippen LogP contribution in [0, 0.1) is 11.8 Å². The molecule has 0 aromatic heterocycles. The number of nitrogens with zero attached hydrogens (tertiary/aromatic N) is 3. The number of piperidine rings is 1. The maximum atomic E-state index is 11.5. The van der Waals surface area contributed by atoms with Gasteiger partial charge in [-0.2, -0.15) is 18.6 Å². The van der Waals surface area contributed by atoms with Gasteiger partial charge in [0, 0.05) is 22.9 Å². The number of hydrogen-bond donors (Lipinski definition) is 1. The van der Waals surface area contributed by atoms with E-state index in [0.29, 0.717) is 41.4 Å². The lowest BCUT2D eigenvalue weighted by molar-refractivity contribution is 0.315. The molecule has 3 fully saturated rings. The summed E-state index contributed by atoms with van der Waals surface area (Å²) in [6, 6.07) is 12.8. The van der Waals surface area contributed by atoms with Crippen molar-refractivity contribution in [3.8, 4) is 0 Å². The van der Waals surface area contributed by atoms with Gasteiger partial charge in [-0.1, -0.05) is 18.2 Å². The van der Waals surface area contributed by atoms with Gasteiger partial charge in [-0.15, -0.1) is 0 Å². The molecule has 0 amide bonds. The molecule has 0 spiro atoms. The van der Waals surface area contributed by atoms with E-state index in [4.69, 9.17) is 0 Å². The standard InChI is InChI=1S/C17H15N3O3S/c21-24(22,23)13-3-1-2-8-6-9(4-5-10(8)13)20-16-11-7-12(17(16)20)15-14(11)18-19-15/h1-6,11-12,14-17H,7H2,(H,21,22,23)/t11-,12+,14+,15-,16+,17-,20?. The zero-order chi connectivity index (χ0) is 16.2. The minimum absolute atomic E-state index is 0.0340. The maximum absolute atomic E-state index is 11.5. The lowest BCUT2D eigenvalue weighted by atomic mass is 9.90. The predicted molar refractivity (Wildman–Crippen MR) is 87.8 cm³/mol. The Kier molecular flexibility index (Phi) is 2.21. The summed E-state index contributed by atoms with van der Waals surface area (Å²) in [5.74, 6) is 1.25. The highest BCUT2D eigenvalue weighted by atomic mass is 32.2. The van der Waals surface area contributed by atoms with Gasteiger partial charge >= 0.3 is 0 Å². The first-order valence-corrected chi connectivity index (χ1v) is 9.67. The van der Waals surface area contributed by atoms with Crippen LogP contribution in [0.15, 0.2) is 51.5 Å². The minimum atomic E-state index is -4.21. The Morgan fingerprint density at radius 1 is 1.04 bits per heavy atom. The molecule has 4 aliphatic rings. The lowest BCUT2D eigenvalue weighted by Gasteiger charge is -2.27. The normalized spacial score (nSPS) is 38.1. The maximum Gasteiger partial charge on any atom is 0.295 e. The average molecular weight is 341 g/mol. The second-order valence-corrected chi connectivity index (χ2v) is 8.69. The number of rotatable bonds is 2. The molecular weight excluding hydrogens is 326 g/mol. The molecule has 6 nitrogen and oxygen atoms in total. The smallest absolute Gasteiger partial charge is 0.295 e. The van der Waals surface area contributed by atoms with Gasteiger partial charge < -0.3 is 4.90 Å². The molecular formula is C17H15N3O3S. The van der Waals surface area contributed by atoms with Crippen molar-refractivity contribution < 1.29 is 13.0 Å². The quantitative estimate of drug-likeness (QED) is 0.672. The molecule has 122 valence electrons. The summed E-state index contributed by atoms with van der Waals surface area (Å²) in [6.07, 6.45) is 1.24. The van der Waals surface area contributed by atoms with Crippen LogP contribution in [0.1, 0.15) is 6.42 Å². The largest absolute Gasteiger partial charge is 0.361 e.